The monoisotopic (exact) mass is 282 g/mol. The maximum absolute atomic E-state index is 11.6. The second-order valence-corrected chi connectivity index (χ2v) is 5.00. The van der Waals surface area contributed by atoms with Gasteiger partial charge >= 0.3 is 11.8 Å². The molecule has 0 unspecified atom stereocenters. The van der Waals surface area contributed by atoms with E-state index in [1.54, 1.807) is 27.7 Å². The van der Waals surface area contributed by atoms with Gasteiger partial charge in [0.2, 0.25) is 0 Å². The zero-order valence-corrected chi connectivity index (χ0v) is 11.9. The molecule has 0 aromatic heterocycles. The smallest absolute Gasteiger partial charge is 0.412 e. The molecule has 1 N–H and O–H groups in total. The lowest BCUT2D eigenvalue weighted by atomic mass is 10.2. The minimum Gasteiger partial charge on any atom is -0.487 e. The summed E-state index contributed by atoms with van der Waals surface area (Å²) in [5.41, 5.74) is -0.573. The highest BCUT2D eigenvalue weighted by Crippen LogP contribution is 2.30. The topological polar surface area (TPSA) is 90.7 Å². The van der Waals surface area contributed by atoms with Crippen molar-refractivity contribution in [3.63, 3.8) is 0 Å². The quantitative estimate of drug-likeness (QED) is 0.675. The van der Waals surface area contributed by atoms with Crippen LogP contribution in [-0.4, -0.2) is 23.2 Å². The second-order valence-electron chi connectivity index (χ2n) is 5.00. The van der Waals surface area contributed by atoms with Crippen LogP contribution in [0.25, 0.3) is 0 Å². The number of ether oxygens (including phenoxy) is 2. The summed E-state index contributed by atoms with van der Waals surface area (Å²) in [6.07, 6.45) is -0.670. The van der Waals surface area contributed by atoms with Crippen molar-refractivity contribution in [3.05, 3.63) is 28.3 Å². The fraction of sp³-hybridized carbons (Fsp3) is 0.462. The molecule has 7 heteroatoms. The van der Waals surface area contributed by atoms with Gasteiger partial charge in [0.25, 0.3) is 0 Å². The molecule has 0 heterocycles. The Kier molecular flexibility index (Phi) is 4.90. The Balaban J connectivity index is 2.90. The number of rotatable bonds is 4. The van der Waals surface area contributed by atoms with Gasteiger partial charge < -0.3 is 9.47 Å². The van der Waals surface area contributed by atoms with Crippen molar-refractivity contribution in [2.75, 3.05) is 11.9 Å². The lowest BCUT2D eigenvalue weighted by Gasteiger charge is -2.19. The average molecular weight is 282 g/mol. The number of hydrogen-bond acceptors (Lipinski definition) is 5. The summed E-state index contributed by atoms with van der Waals surface area (Å²) in [6.45, 7) is 7.24. The molecule has 0 fully saturated rings. The number of nitro benzene ring substituents is 1. The van der Waals surface area contributed by atoms with Gasteiger partial charge in [-0.3, -0.25) is 15.4 Å². The van der Waals surface area contributed by atoms with E-state index >= 15 is 0 Å². The first kappa shape index (κ1) is 15.7. The molecule has 1 rings (SSSR count). The van der Waals surface area contributed by atoms with Crippen molar-refractivity contribution in [3.8, 4) is 5.75 Å². The van der Waals surface area contributed by atoms with Gasteiger partial charge in [-0.25, -0.2) is 4.79 Å². The fourth-order valence-corrected chi connectivity index (χ4v) is 1.44. The van der Waals surface area contributed by atoms with Gasteiger partial charge in [0.15, 0.2) is 5.75 Å². The molecule has 110 valence electrons. The van der Waals surface area contributed by atoms with Crippen LogP contribution in [0.1, 0.15) is 27.7 Å². The van der Waals surface area contributed by atoms with Crippen LogP contribution in [-0.2, 0) is 4.74 Å². The fourth-order valence-electron chi connectivity index (χ4n) is 1.44. The van der Waals surface area contributed by atoms with Gasteiger partial charge in [-0.05, 0) is 39.8 Å². The summed E-state index contributed by atoms with van der Waals surface area (Å²) >= 11 is 0. The normalized spacial score (nSPS) is 10.8. The Morgan fingerprint density at radius 3 is 2.55 bits per heavy atom. The van der Waals surface area contributed by atoms with E-state index in [-0.39, 0.29) is 17.1 Å². The third-order valence-electron chi connectivity index (χ3n) is 2.10. The van der Waals surface area contributed by atoms with Crippen molar-refractivity contribution >= 4 is 17.5 Å². The van der Waals surface area contributed by atoms with E-state index in [9.17, 15) is 14.9 Å². The summed E-state index contributed by atoms with van der Waals surface area (Å²) in [5, 5.41) is 13.4. The van der Waals surface area contributed by atoms with Crippen LogP contribution in [0.4, 0.5) is 16.2 Å². The molecule has 0 bridgehead atoms. The van der Waals surface area contributed by atoms with Gasteiger partial charge in [-0.1, -0.05) is 0 Å². The zero-order valence-electron chi connectivity index (χ0n) is 11.9. The number of anilines is 1. The standard InChI is InChI=1S/C13H18N2O5/c1-5-19-11-7-6-9(8-10(11)15(17)18)14-12(16)20-13(2,3)4/h6-8H,5H2,1-4H3,(H,14,16). The van der Waals surface area contributed by atoms with Crippen LogP contribution in [0.2, 0.25) is 0 Å². The molecule has 20 heavy (non-hydrogen) atoms. The molecule has 7 nitrogen and oxygen atoms in total. The van der Waals surface area contributed by atoms with E-state index in [1.807, 2.05) is 0 Å². The van der Waals surface area contributed by atoms with Crippen molar-refractivity contribution in [1.82, 2.24) is 0 Å². The molecule has 1 amide bonds. The summed E-state index contributed by atoms with van der Waals surface area (Å²) in [7, 11) is 0. The summed E-state index contributed by atoms with van der Waals surface area (Å²) in [6, 6.07) is 4.19. The predicted molar refractivity (Wildman–Crippen MR) is 74.1 cm³/mol. The Hall–Kier alpha value is -2.31. The van der Waals surface area contributed by atoms with E-state index in [0.717, 1.165) is 0 Å². The highest BCUT2D eigenvalue weighted by molar-refractivity contribution is 5.85. The number of hydrogen-bond donors (Lipinski definition) is 1. The van der Waals surface area contributed by atoms with Gasteiger partial charge in [0.1, 0.15) is 5.60 Å². The Labute approximate surface area is 117 Å². The van der Waals surface area contributed by atoms with Crippen molar-refractivity contribution in [2.24, 2.45) is 0 Å². The lowest BCUT2D eigenvalue weighted by Crippen LogP contribution is -2.27. The molecule has 0 radical (unpaired) electrons. The number of benzene rings is 1. The maximum Gasteiger partial charge on any atom is 0.412 e. The van der Waals surface area contributed by atoms with Crippen LogP contribution < -0.4 is 10.1 Å². The van der Waals surface area contributed by atoms with Gasteiger partial charge in [-0.15, -0.1) is 0 Å². The van der Waals surface area contributed by atoms with Crippen LogP contribution >= 0.6 is 0 Å². The summed E-state index contributed by atoms with van der Waals surface area (Å²) in [4.78, 5) is 22.0. The highest BCUT2D eigenvalue weighted by atomic mass is 16.6. The minimum atomic E-state index is -0.670. The average Bonchev–Trinajstić information content (AvgIpc) is 2.28. The summed E-state index contributed by atoms with van der Waals surface area (Å²) in [5.74, 6) is 0.159. The number of nitro groups is 1. The molecular formula is C13H18N2O5. The molecule has 0 atom stereocenters. The van der Waals surface area contributed by atoms with E-state index in [1.165, 1.54) is 18.2 Å². The first-order valence-corrected chi connectivity index (χ1v) is 6.14. The second kappa shape index (κ2) is 6.23. The van der Waals surface area contributed by atoms with Crippen LogP contribution in [0.5, 0.6) is 5.75 Å². The van der Waals surface area contributed by atoms with Gasteiger partial charge in [-0.2, -0.15) is 0 Å². The molecule has 0 saturated heterocycles. The van der Waals surface area contributed by atoms with Crippen molar-refractivity contribution < 1.29 is 19.2 Å². The third kappa shape index (κ3) is 4.75. The van der Waals surface area contributed by atoms with E-state index in [2.05, 4.69) is 5.32 Å². The number of nitrogens with one attached hydrogen (secondary N) is 1. The molecule has 1 aromatic rings. The number of amides is 1. The maximum atomic E-state index is 11.6. The van der Waals surface area contributed by atoms with E-state index < -0.39 is 16.6 Å². The molecular weight excluding hydrogens is 264 g/mol. The van der Waals surface area contributed by atoms with E-state index in [0.29, 0.717) is 6.61 Å². The van der Waals surface area contributed by atoms with Gasteiger partial charge in [0, 0.05) is 6.07 Å². The van der Waals surface area contributed by atoms with Gasteiger partial charge in [0.05, 0.1) is 17.2 Å². The molecule has 1 aromatic carbocycles. The highest BCUT2D eigenvalue weighted by Gasteiger charge is 2.19. The lowest BCUT2D eigenvalue weighted by molar-refractivity contribution is -0.385. The number of nitrogens with zero attached hydrogens (tertiary/aromatic N) is 1. The molecule has 0 saturated carbocycles. The zero-order chi connectivity index (χ0) is 15.3. The molecule has 0 aliphatic heterocycles. The molecule has 0 aliphatic rings. The van der Waals surface area contributed by atoms with Crippen LogP contribution in [0, 0.1) is 10.1 Å². The van der Waals surface area contributed by atoms with Crippen molar-refractivity contribution in [1.29, 1.82) is 0 Å². The molecule has 0 aliphatic carbocycles. The van der Waals surface area contributed by atoms with Crippen LogP contribution in [0.3, 0.4) is 0 Å². The SMILES string of the molecule is CCOc1ccc(NC(=O)OC(C)(C)C)cc1[N+](=O)[O-]. The predicted octanol–water partition coefficient (Wildman–Crippen LogP) is 3.34. The van der Waals surface area contributed by atoms with E-state index in [4.69, 9.17) is 9.47 Å². The molecule has 0 spiro atoms. The first-order chi connectivity index (χ1) is 9.23. The Morgan fingerprint density at radius 2 is 2.05 bits per heavy atom. The number of carbonyl (C=O) groups is 1. The Morgan fingerprint density at radius 1 is 1.40 bits per heavy atom. The number of carbonyl (C=O) groups excluding carboxylic acids is 1. The first-order valence-electron chi connectivity index (χ1n) is 6.14. The van der Waals surface area contributed by atoms with Crippen LogP contribution in [0.15, 0.2) is 18.2 Å². The van der Waals surface area contributed by atoms with Crippen molar-refractivity contribution in [2.45, 2.75) is 33.3 Å². The summed E-state index contributed by atoms with van der Waals surface area (Å²) < 4.78 is 10.2. The Bertz CT molecular complexity index is 508. The minimum absolute atomic E-state index is 0.159. The third-order valence-corrected chi connectivity index (χ3v) is 2.10. The largest absolute Gasteiger partial charge is 0.487 e.